The summed E-state index contributed by atoms with van der Waals surface area (Å²) in [6.07, 6.45) is 0. The van der Waals surface area contributed by atoms with E-state index in [2.05, 4.69) is 9.85 Å². The van der Waals surface area contributed by atoms with Crippen LogP contribution in [0.1, 0.15) is 0 Å². The highest BCUT2D eigenvalue weighted by Crippen LogP contribution is 1.71. The van der Waals surface area contributed by atoms with E-state index in [1.807, 2.05) is 0 Å². The van der Waals surface area contributed by atoms with Crippen molar-refractivity contribution in [2.24, 2.45) is 5.11 Å². The van der Waals surface area contributed by atoms with E-state index in [0.717, 1.165) is 0 Å². The van der Waals surface area contributed by atoms with Gasteiger partial charge in [-0.2, -0.15) is 0 Å². The van der Waals surface area contributed by atoms with Crippen LogP contribution in [0, 0.1) is 5.53 Å². The van der Waals surface area contributed by atoms with Crippen LogP contribution < -0.4 is 0 Å². The summed E-state index contributed by atoms with van der Waals surface area (Å²) in [6, 6.07) is 0. The van der Waals surface area contributed by atoms with Crippen molar-refractivity contribution in [3.63, 3.8) is 0 Å². The maximum Gasteiger partial charge on any atom is 0.289 e. The second-order valence-electron chi connectivity index (χ2n) is 0.939. The fourth-order valence-electron chi connectivity index (χ4n) is 0.156. The molecule has 0 radical (unpaired) electrons. The Kier molecular flexibility index (Phi) is 3.04. The van der Waals surface area contributed by atoms with E-state index in [9.17, 15) is 4.79 Å². The first-order chi connectivity index (χ1) is 3.31. The van der Waals surface area contributed by atoms with Gasteiger partial charge in [0.1, 0.15) is 6.61 Å². The van der Waals surface area contributed by atoms with Crippen LogP contribution in [0.3, 0.4) is 0 Å². The molecule has 1 N–H and O–H groups in total. The summed E-state index contributed by atoms with van der Waals surface area (Å²) >= 11 is 0. The third-order valence-electron chi connectivity index (χ3n) is 0.393. The average Bonchev–Trinajstić information content (AvgIpc) is 1.68. The zero-order chi connectivity index (χ0) is 5.70. The molecule has 0 rings (SSSR count). The van der Waals surface area contributed by atoms with Crippen LogP contribution in [0.4, 0.5) is 0 Å². The second-order valence-corrected chi connectivity index (χ2v) is 0.939. The lowest BCUT2D eigenvalue weighted by molar-refractivity contribution is -0.122. The lowest BCUT2D eigenvalue weighted by atomic mass is 10.7. The fraction of sp³-hybridized carbons (Fsp3) is 0.667. The van der Waals surface area contributed by atoms with Gasteiger partial charge in [0.15, 0.2) is 0 Å². The molecule has 4 heteroatoms. The first-order valence-corrected chi connectivity index (χ1v) is 1.70. The molecule has 0 bridgehead atoms. The highest BCUT2D eigenvalue weighted by atomic mass is 16.5. The summed E-state index contributed by atoms with van der Waals surface area (Å²) in [5.74, 6) is -0.553. The van der Waals surface area contributed by atoms with E-state index in [0.29, 0.717) is 0 Å². The maximum absolute atomic E-state index is 9.93. The number of carbonyl (C=O) groups is 1. The number of methoxy groups -OCH3 is 1. The van der Waals surface area contributed by atoms with Gasteiger partial charge >= 0.3 is 0 Å². The third kappa shape index (κ3) is 3.05. The number of hydrogen-bond acceptors (Lipinski definition) is 3. The van der Waals surface area contributed by atoms with Crippen molar-refractivity contribution in [1.29, 1.82) is 5.53 Å². The molecule has 4 nitrogen and oxygen atoms in total. The predicted octanol–water partition coefficient (Wildman–Crippen LogP) is 0.190. The molecule has 0 saturated heterocycles. The van der Waals surface area contributed by atoms with Crippen LogP contribution in [0.15, 0.2) is 5.11 Å². The normalized spacial score (nSPS) is 8.14. The minimum absolute atomic E-state index is 0.0938. The number of amides is 1. The topological polar surface area (TPSA) is 62.5 Å². The molecule has 0 aliphatic heterocycles. The molecule has 0 fully saturated rings. The van der Waals surface area contributed by atoms with Crippen molar-refractivity contribution in [2.45, 2.75) is 0 Å². The molecule has 40 valence electrons. The first-order valence-electron chi connectivity index (χ1n) is 1.70. The van der Waals surface area contributed by atoms with Crippen LogP contribution in [0.5, 0.6) is 0 Å². The Bertz CT molecular complexity index is 81.0. The van der Waals surface area contributed by atoms with Crippen LogP contribution in [-0.2, 0) is 9.53 Å². The van der Waals surface area contributed by atoms with Crippen LogP contribution >= 0.6 is 0 Å². The largest absolute Gasteiger partial charge is 0.375 e. The van der Waals surface area contributed by atoms with Gasteiger partial charge in [-0.3, -0.25) is 4.79 Å². The van der Waals surface area contributed by atoms with Crippen molar-refractivity contribution in [3.8, 4) is 0 Å². The van der Waals surface area contributed by atoms with E-state index in [1.54, 1.807) is 0 Å². The van der Waals surface area contributed by atoms with Gasteiger partial charge in [-0.05, 0) is 0 Å². The Morgan fingerprint density at radius 1 is 2.00 bits per heavy atom. The number of hydrogen-bond donors (Lipinski definition) is 1. The van der Waals surface area contributed by atoms with Crippen molar-refractivity contribution in [3.05, 3.63) is 0 Å². The number of nitrogens with one attached hydrogen (secondary N) is 1. The standard InChI is InChI=1S/C3H6N2O2/c1-7-2-3(6)5-4/h4H,2H2,1H3. The average molecular weight is 102 g/mol. The maximum atomic E-state index is 9.93. The van der Waals surface area contributed by atoms with Gasteiger partial charge in [-0.15, -0.1) is 5.11 Å². The molecule has 0 aliphatic rings. The van der Waals surface area contributed by atoms with Gasteiger partial charge in [0.05, 0.1) is 0 Å². The van der Waals surface area contributed by atoms with E-state index < -0.39 is 5.91 Å². The van der Waals surface area contributed by atoms with Gasteiger partial charge in [0.2, 0.25) is 0 Å². The summed E-state index contributed by atoms with van der Waals surface area (Å²) in [7, 11) is 1.38. The van der Waals surface area contributed by atoms with Gasteiger partial charge in [0.25, 0.3) is 5.91 Å². The van der Waals surface area contributed by atoms with Gasteiger partial charge in [-0.1, -0.05) is 0 Å². The van der Waals surface area contributed by atoms with Crippen molar-refractivity contribution < 1.29 is 9.53 Å². The van der Waals surface area contributed by atoms with Crippen LogP contribution in [-0.4, -0.2) is 19.6 Å². The highest BCUT2D eigenvalue weighted by Gasteiger charge is 1.91. The van der Waals surface area contributed by atoms with Crippen molar-refractivity contribution >= 4 is 5.91 Å². The van der Waals surface area contributed by atoms with Gasteiger partial charge in [-0.25, -0.2) is 5.53 Å². The molecule has 0 saturated carbocycles. The first kappa shape index (κ1) is 6.23. The van der Waals surface area contributed by atoms with E-state index >= 15 is 0 Å². The molecule has 7 heavy (non-hydrogen) atoms. The minimum Gasteiger partial charge on any atom is -0.375 e. The fourth-order valence-corrected chi connectivity index (χ4v) is 0.156. The zero-order valence-corrected chi connectivity index (χ0v) is 3.97. The highest BCUT2D eigenvalue weighted by molar-refractivity contribution is 5.77. The Morgan fingerprint density at radius 2 is 2.57 bits per heavy atom. The molecule has 0 aromatic carbocycles. The summed E-state index contributed by atoms with van der Waals surface area (Å²) < 4.78 is 4.33. The molecular formula is C3H6N2O2. The Labute approximate surface area is 41.0 Å². The summed E-state index contributed by atoms with van der Waals surface area (Å²) in [6.45, 7) is -0.0938. The minimum atomic E-state index is -0.553. The van der Waals surface area contributed by atoms with Crippen LogP contribution in [0.2, 0.25) is 0 Å². The quantitative estimate of drug-likeness (QED) is 0.506. The second kappa shape index (κ2) is 3.42. The van der Waals surface area contributed by atoms with Crippen LogP contribution in [0.25, 0.3) is 0 Å². The lowest BCUT2D eigenvalue weighted by Crippen LogP contribution is -2.00. The third-order valence-corrected chi connectivity index (χ3v) is 0.393. The zero-order valence-electron chi connectivity index (χ0n) is 3.97. The monoisotopic (exact) mass is 102 g/mol. The molecule has 0 spiro atoms. The van der Waals surface area contributed by atoms with Gasteiger partial charge in [0, 0.05) is 7.11 Å². The van der Waals surface area contributed by atoms with Crippen molar-refractivity contribution in [1.82, 2.24) is 0 Å². The predicted molar refractivity (Wildman–Crippen MR) is 22.0 cm³/mol. The number of nitrogens with zero attached hydrogens (tertiary/aromatic N) is 1. The summed E-state index contributed by atoms with van der Waals surface area (Å²) in [5.41, 5.74) is 6.11. The van der Waals surface area contributed by atoms with E-state index in [1.165, 1.54) is 7.11 Å². The summed E-state index contributed by atoms with van der Waals surface area (Å²) in [4.78, 5) is 9.93. The Balaban J connectivity index is 3.17. The molecule has 0 heterocycles. The molecule has 0 unspecified atom stereocenters. The molecule has 0 aromatic rings. The van der Waals surface area contributed by atoms with Gasteiger partial charge < -0.3 is 4.74 Å². The smallest absolute Gasteiger partial charge is 0.289 e. The molecule has 0 atom stereocenters. The van der Waals surface area contributed by atoms with Crippen molar-refractivity contribution in [2.75, 3.05) is 13.7 Å². The number of ether oxygens (including phenoxy) is 1. The molecular weight excluding hydrogens is 96.0 g/mol. The number of rotatable bonds is 2. The molecule has 0 aliphatic carbocycles. The molecule has 1 amide bonds. The van der Waals surface area contributed by atoms with E-state index in [-0.39, 0.29) is 6.61 Å². The van der Waals surface area contributed by atoms with E-state index in [4.69, 9.17) is 5.53 Å². The summed E-state index contributed by atoms with van der Waals surface area (Å²) in [5, 5.41) is 2.56. The number of carbonyl (C=O) groups excluding carboxylic acids is 1. The lowest BCUT2D eigenvalue weighted by Gasteiger charge is -1.84. The molecule has 0 aromatic heterocycles. The SMILES string of the molecule is COCC(=O)N=N. The Morgan fingerprint density at radius 3 is 2.71 bits per heavy atom. The Hall–Kier alpha value is -0.770.